The third-order valence-electron chi connectivity index (χ3n) is 4.00. The monoisotopic (exact) mass is 285 g/mol. The second-order valence-electron chi connectivity index (χ2n) is 5.37. The van der Waals surface area contributed by atoms with E-state index in [1.807, 2.05) is 26.0 Å². The van der Waals surface area contributed by atoms with E-state index in [9.17, 15) is 4.79 Å². The highest BCUT2D eigenvalue weighted by atomic mass is 16.2. The Labute approximate surface area is 123 Å². The molecule has 0 radical (unpaired) electrons. The highest BCUT2D eigenvalue weighted by Gasteiger charge is 2.27. The van der Waals surface area contributed by atoms with Crippen molar-refractivity contribution in [2.45, 2.75) is 32.9 Å². The smallest absolute Gasteiger partial charge is 0.242 e. The Hall–Kier alpha value is -2.21. The van der Waals surface area contributed by atoms with Gasteiger partial charge in [-0.1, -0.05) is 6.07 Å². The highest BCUT2D eigenvalue weighted by Crippen LogP contribution is 2.21. The van der Waals surface area contributed by atoms with Crippen LogP contribution in [0.2, 0.25) is 0 Å². The first kappa shape index (κ1) is 13.8. The lowest BCUT2D eigenvalue weighted by Crippen LogP contribution is -2.44. The first-order valence-electron chi connectivity index (χ1n) is 7.14. The maximum absolute atomic E-state index is 12.3. The zero-order chi connectivity index (χ0) is 14.8. The summed E-state index contributed by atoms with van der Waals surface area (Å²) in [5.74, 6) is 0.560. The molecule has 3 rings (SSSR count). The van der Waals surface area contributed by atoms with Crippen LogP contribution in [-0.4, -0.2) is 38.6 Å². The molecule has 2 aromatic heterocycles. The van der Waals surface area contributed by atoms with Crippen molar-refractivity contribution < 1.29 is 4.79 Å². The van der Waals surface area contributed by atoms with Crippen LogP contribution in [-0.2, 0) is 17.8 Å². The van der Waals surface area contributed by atoms with Crippen LogP contribution < -0.4 is 5.32 Å². The van der Waals surface area contributed by atoms with Gasteiger partial charge in [-0.25, -0.2) is 4.98 Å². The Morgan fingerprint density at radius 2 is 2.33 bits per heavy atom. The molecule has 0 bridgehead atoms. The van der Waals surface area contributed by atoms with Crippen molar-refractivity contribution in [2.24, 2.45) is 0 Å². The Morgan fingerprint density at radius 3 is 3.10 bits per heavy atom. The van der Waals surface area contributed by atoms with Crippen LogP contribution in [0.5, 0.6) is 0 Å². The number of pyridine rings is 1. The summed E-state index contributed by atoms with van der Waals surface area (Å²) in [6.07, 6.45) is 2.54. The Balaban J connectivity index is 1.67. The normalized spacial score (nSPS) is 16.3. The van der Waals surface area contributed by atoms with Gasteiger partial charge in [-0.15, -0.1) is 0 Å². The number of carbonyl (C=O) groups is 1. The van der Waals surface area contributed by atoms with Gasteiger partial charge in [-0.3, -0.25) is 14.8 Å². The predicted octanol–water partition coefficient (Wildman–Crippen LogP) is 1.50. The lowest BCUT2D eigenvalue weighted by molar-refractivity contribution is -0.121. The van der Waals surface area contributed by atoms with Crippen LogP contribution >= 0.6 is 0 Å². The number of amides is 1. The van der Waals surface area contributed by atoms with Crippen molar-refractivity contribution in [1.82, 2.24) is 20.1 Å². The molecule has 1 amide bonds. The maximum Gasteiger partial charge on any atom is 0.242 e. The molecule has 110 valence electrons. The molecular formula is C15H19N5O. The van der Waals surface area contributed by atoms with E-state index < -0.39 is 0 Å². The zero-order valence-electron chi connectivity index (χ0n) is 12.3. The van der Waals surface area contributed by atoms with Crippen molar-refractivity contribution in [3.05, 3.63) is 41.3 Å². The number of nitrogens with zero attached hydrogens (tertiary/aromatic N) is 3. The zero-order valence-corrected chi connectivity index (χ0v) is 12.3. The molecule has 0 aliphatic carbocycles. The molecule has 2 N–H and O–H groups in total. The van der Waals surface area contributed by atoms with E-state index in [4.69, 9.17) is 0 Å². The van der Waals surface area contributed by atoms with Crippen LogP contribution in [0.1, 0.15) is 23.9 Å². The first-order chi connectivity index (χ1) is 10.1. The van der Waals surface area contributed by atoms with Crippen molar-refractivity contribution in [3.63, 3.8) is 0 Å². The number of hydrogen-bond acceptors (Lipinski definition) is 4. The van der Waals surface area contributed by atoms with E-state index in [-0.39, 0.29) is 11.9 Å². The molecule has 0 unspecified atom stereocenters. The number of nitrogens with one attached hydrogen (secondary N) is 2. The van der Waals surface area contributed by atoms with Crippen molar-refractivity contribution in [3.8, 4) is 0 Å². The third kappa shape index (κ3) is 2.80. The lowest BCUT2D eigenvalue weighted by Gasteiger charge is -2.31. The van der Waals surface area contributed by atoms with Crippen LogP contribution in [0.3, 0.4) is 0 Å². The Morgan fingerprint density at radius 1 is 1.48 bits per heavy atom. The topological polar surface area (TPSA) is 73.9 Å². The number of anilines is 1. The molecule has 0 spiro atoms. The second kappa shape index (κ2) is 5.65. The van der Waals surface area contributed by atoms with Gasteiger partial charge in [-0.2, -0.15) is 5.10 Å². The molecule has 6 heteroatoms. The fraction of sp³-hybridized carbons (Fsp3) is 0.400. The number of aryl methyl sites for hydroxylation is 1. The summed E-state index contributed by atoms with van der Waals surface area (Å²) in [7, 11) is 0. The molecule has 2 aromatic rings. The van der Waals surface area contributed by atoms with Crippen LogP contribution in [0.25, 0.3) is 0 Å². The molecule has 3 heterocycles. The standard InChI is InChI=1S/C15H19N5O/c1-10-12-9-20(8-6-13(12)19-18-10)11(2)15(21)17-14-5-3-4-7-16-14/h3-5,7,11H,6,8-9H2,1-2H3,(H,18,19)(H,16,17,21)/t11-/m0/s1. The van der Waals surface area contributed by atoms with Gasteiger partial charge >= 0.3 is 0 Å². The van der Waals surface area contributed by atoms with E-state index in [1.165, 1.54) is 5.56 Å². The summed E-state index contributed by atoms with van der Waals surface area (Å²) in [6, 6.07) is 5.27. The van der Waals surface area contributed by atoms with Gasteiger partial charge in [0.1, 0.15) is 5.82 Å². The fourth-order valence-electron chi connectivity index (χ4n) is 2.61. The van der Waals surface area contributed by atoms with Gasteiger partial charge in [-0.05, 0) is 26.0 Å². The molecular weight excluding hydrogens is 266 g/mol. The molecule has 1 aliphatic rings. The number of aromatic nitrogens is 3. The van der Waals surface area contributed by atoms with Gasteiger partial charge in [0.15, 0.2) is 0 Å². The highest BCUT2D eigenvalue weighted by molar-refractivity contribution is 5.93. The maximum atomic E-state index is 12.3. The minimum absolute atomic E-state index is 0.0294. The van der Waals surface area contributed by atoms with E-state index >= 15 is 0 Å². The summed E-state index contributed by atoms with van der Waals surface area (Å²) in [5.41, 5.74) is 3.44. The van der Waals surface area contributed by atoms with Crippen molar-refractivity contribution in [1.29, 1.82) is 0 Å². The SMILES string of the molecule is Cc1[nH]nc2c1CN([C@@H](C)C(=O)Nc1ccccn1)CC2. The third-order valence-corrected chi connectivity index (χ3v) is 4.00. The fourth-order valence-corrected chi connectivity index (χ4v) is 2.61. The number of rotatable bonds is 3. The Bertz CT molecular complexity index is 637. The van der Waals surface area contributed by atoms with Gasteiger partial charge in [0.2, 0.25) is 5.91 Å². The average molecular weight is 285 g/mol. The summed E-state index contributed by atoms with van der Waals surface area (Å²) >= 11 is 0. The van der Waals surface area contributed by atoms with E-state index in [0.29, 0.717) is 5.82 Å². The molecule has 0 fully saturated rings. The summed E-state index contributed by atoms with van der Waals surface area (Å²) in [5, 5.41) is 10.2. The number of hydrogen-bond donors (Lipinski definition) is 2. The number of fused-ring (bicyclic) bond motifs is 1. The molecule has 1 atom stereocenters. The van der Waals surface area contributed by atoms with Gasteiger partial charge in [0.25, 0.3) is 0 Å². The molecule has 21 heavy (non-hydrogen) atoms. The largest absolute Gasteiger partial charge is 0.309 e. The van der Waals surface area contributed by atoms with E-state index in [1.54, 1.807) is 12.3 Å². The van der Waals surface area contributed by atoms with E-state index in [2.05, 4.69) is 25.4 Å². The molecule has 1 aliphatic heterocycles. The summed E-state index contributed by atoms with van der Waals surface area (Å²) < 4.78 is 0. The first-order valence-corrected chi connectivity index (χ1v) is 7.14. The van der Waals surface area contributed by atoms with Gasteiger partial charge in [0.05, 0.1) is 11.7 Å². The summed E-state index contributed by atoms with van der Waals surface area (Å²) in [6.45, 7) is 5.55. The minimum atomic E-state index is -0.200. The minimum Gasteiger partial charge on any atom is -0.309 e. The number of aromatic amines is 1. The van der Waals surface area contributed by atoms with Gasteiger partial charge < -0.3 is 5.32 Å². The number of carbonyl (C=O) groups excluding carboxylic acids is 1. The second-order valence-corrected chi connectivity index (χ2v) is 5.37. The molecule has 0 aromatic carbocycles. The van der Waals surface area contributed by atoms with Crippen LogP contribution in [0.4, 0.5) is 5.82 Å². The van der Waals surface area contributed by atoms with Crippen LogP contribution in [0.15, 0.2) is 24.4 Å². The van der Waals surface area contributed by atoms with Crippen LogP contribution in [0, 0.1) is 6.92 Å². The quantitative estimate of drug-likeness (QED) is 0.896. The van der Waals surface area contributed by atoms with Crippen molar-refractivity contribution in [2.75, 3.05) is 11.9 Å². The molecule has 6 nitrogen and oxygen atoms in total. The lowest BCUT2D eigenvalue weighted by atomic mass is 10.0. The average Bonchev–Trinajstić information content (AvgIpc) is 2.88. The molecule has 0 saturated heterocycles. The summed E-state index contributed by atoms with van der Waals surface area (Å²) in [4.78, 5) is 18.6. The number of H-pyrrole nitrogens is 1. The van der Waals surface area contributed by atoms with Crippen molar-refractivity contribution >= 4 is 11.7 Å². The van der Waals surface area contributed by atoms with E-state index in [0.717, 1.165) is 30.9 Å². The predicted molar refractivity (Wildman–Crippen MR) is 79.8 cm³/mol. The Kier molecular flexibility index (Phi) is 3.70. The van der Waals surface area contributed by atoms with Gasteiger partial charge in [0, 0.05) is 37.0 Å². The molecule has 0 saturated carbocycles.